The second kappa shape index (κ2) is 4.58. The van der Waals surface area contributed by atoms with Crippen molar-refractivity contribution in [2.24, 2.45) is 0 Å². The topological polar surface area (TPSA) is 47.9 Å². The number of hydrogen-bond acceptors (Lipinski definition) is 4. The molecule has 0 aliphatic heterocycles. The van der Waals surface area contributed by atoms with Crippen LogP contribution in [0.1, 0.15) is 20.3 Å². The number of nitrogens with zero attached hydrogens (tertiary/aromatic N) is 3. The number of ether oxygens (including phenoxy) is 1. The third-order valence-electron chi connectivity index (χ3n) is 1.48. The minimum absolute atomic E-state index is 0.0303. The van der Waals surface area contributed by atoms with Gasteiger partial charge in [-0.25, -0.2) is 0 Å². The summed E-state index contributed by atoms with van der Waals surface area (Å²) in [5.74, 6) is 0.232. The Hall–Kier alpha value is -0.610. The fourth-order valence-electron chi connectivity index (χ4n) is 0.629. The lowest BCUT2D eigenvalue weighted by molar-refractivity contribution is 0.207. The molecule has 1 atom stereocenters. The van der Waals surface area contributed by atoms with Gasteiger partial charge in [-0.2, -0.15) is 4.98 Å². The van der Waals surface area contributed by atoms with E-state index < -0.39 is 0 Å². The summed E-state index contributed by atoms with van der Waals surface area (Å²) in [6.45, 7) is 3.90. The molecule has 0 saturated carbocycles. The van der Waals surface area contributed by atoms with Gasteiger partial charge in [-0.15, -0.1) is 10.2 Å². The van der Waals surface area contributed by atoms with E-state index in [0.717, 1.165) is 6.42 Å². The molecule has 13 heavy (non-hydrogen) atoms. The van der Waals surface area contributed by atoms with E-state index in [-0.39, 0.29) is 22.4 Å². The van der Waals surface area contributed by atoms with Crippen molar-refractivity contribution < 1.29 is 4.74 Å². The second-order valence-corrected chi connectivity index (χ2v) is 3.21. The summed E-state index contributed by atoms with van der Waals surface area (Å²) in [5.41, 5.74) is 0. The molecule has 0 amide bonds. The Morgan fingerprint density at radius 2 is 2.08 bits per heavy atom. The minimum Gasteiger partial charge on any atom is -0.472 e. The SMILES string of the molecule is CCC(C)Oc1nc(Cl)nnc1Cl. The molecule has 0 aliphatic rings. The first-order valence-corrected chi connectivity index (χ1v) is 4.61. The zero-order valence-corrected chi connectivity index (χ0v) is 8.80. The average molecular weight is 222 g/mol. The lowest BCUT2D eigenvalue weighted by Gasteiger charge is -2.11. The van der Waals surface area contributed by atoms with Crippen LogP contribution in [0.15, 0.2) is 0 Å². The molecule has 1 rings (SSSR count). The van der Waals surface area contributed by atoms with Gasteiger partial charge in [-0.3, -0.25) is 0 Å². The van der Waals surface area contributed by atoms with Gasteiger partial charge in [0.15, 0.2) is 0 Å². The largest absolute Gasteiger partial charge is 0.472 e. The van der Waals surface area contributed by atoms with Crippen molar-refractivity contribution in [1.29, 1.82) is 0 Å². The lowest BCUT2D eigenvalue weighted by Crippen LogP contribution is -2.11. The highest BCUT2D eigenvalue weighted by molar-refractivity contribution is 6.31. The van der Waals surface area contributed by atoms with Gasteiger partial charge in [-0.05, 0) is 24.9 Å². The molecule has 1 unspecified atom stereocenters. The number of halogens is 2. The second-order valence-electron chi connectivity index (χ2n) is 2.51. The monoisotopic (exact) mass is 221 g/mol. The molecule has 4 nitrogen and oxygen atoms in total. The van der Waals surface area contributed by atoms with Crippen molar-refractivity contribution in [3.05, 3.63) is 10.4 Å². The van der Waals surface area contributed by atoms with Crippen molar-refractivity contribution in [2.45, 2.75) is 26.4 Å². The van der Waals surface area contributed by atoms with Gasteiger partial charge < -0.3 is 4.74 Å². The maximum absolute atomic E-state index is 5.68. The van der Waals surface area contributed by atoms with Crippen molar-refractivity contribution in [3.8, 4) is 5.88 Å². The Kier molecular flexibility index (Phi) is 3.69. The molecule has 0 spiro atoms. The summed E-state index contributed by atoms with van der Waals surface area (Å²) in [5, 5.41) is 7.19. The van der Waals surface area contributed by atoms with E-state index in [0.29, 0.717) is 0 Å². The van der Waals surface area contributed by atoms with E-state index in [1.807, 2.05) is 13.8 Å². The zero-order valence-electron chi connectivity index (χ0n) is 7.29. The van der Waals surface area contributed by atoms with Crippen molar-refractivity contribution in [3.63, 3.8) is 0 Å². The molecule has 6 heteroatoms. The van der Waals surface area contributed by atoms with Crippen molar-refractivity contribution in [1.82, 2.24) is 15.2 Å². The lowest BCUT2D eigenvalue weighted by atomic mass is 10.3. The van der Waals surface area contributed by atoms with Crippen LogP contribution in [0.3, 0.4) is 0 Å². The van der Waals surface area contributed by atoms with Crippen LogP contribution in [0.25, 0.3) is 0 Å². The molecule has 1 aromatic rings. The molecule has 0 N–H and O–H groups in total. The highest BCUT2D eigenvalue weighted by Gasteiger charge is 2.09. The molecular weight excluding hydrogens is 213 g/mol. The zero-order chi connectivity index (χ0) is 9.84. The molecule has 72 valence electrons. The summed E-state index contributed by atoms with van der Waals surface area (Å²) in [6, 6.07) is 0. The summed E-state index contributed by atoms with van der Waals surface area (Å²) in [4.78, 5) is 3.80. The van der Waals surface area contributed by atoms with Gasteiger partial charge in [-0.1, -0.05) is 18.5 Å². The smallest absolute Gasteiger partial charge is 0.257 e. The van der Waals surface area contributed by atoms with Gasteiger partial charge in [0.05, 0.1) is 6.10 Å². The average Bonchev–Trinajstić information content (AvgIpc) is 2.11. The Morgan fingerprint density at radius 3 is 2.69 bits per heavy atom. The van der Waals surface area contributed by atoms with E-state index in [2.05, 4.69) is 15.2 Å². The van der Waals surface area contributed by atoms with Gasteiger partial charge >= 0.3 is 0 Å². The summed E-state index contributed by atoms with van der Waals surface area (Å²) in [6.07, 6.45) is 0.892. The van der Waals surface area contributed by atoms with Gasteiger partial charge in [0.25, 0.3) is 5.88 Å². The fourth-order valence-corrected chi connectivity index (χ4v) is 0.868. The first-order valence-electron chi connectivity index (χ1n) is 3.85. The summed E-state index contributed by atoms with van der Waals surface area (Å²) < 4.78 is 5.35. The van der Waals surface area contributed by atoms with E-state index >= 15 is 0 Å². The molecule has 0 bridgehead atoms. The van der Waals surface area contributed by atoms with E-state index in [1.165, 1.54) is 0 Å². The van der Waals surface area contributed by atoms with Crippen LogP contribution in [0.4, 0.5) is 0 Å². The normalized spacial score (nSPS) is 12.6. The van der Waals surface area contributed by atoms with Crippen LogP contribution in [0, 0.1) is 0 Å². The minimum atomic E-state index is 0.0303. The molecule has 0 aliphatic carbocycles. The predicted molar refractivity (Wildman–Crippen MR) is 50.2 cm³/mol. The Bertz CT molecular complexity index is 295. The van der Waals surface area contributed by atoms with Gasteiger partial charge in [0.2, 0.25) is 10.4 Å². The van der Waals surface area contributed by atoms with Gasteiger partial charge in [0.1, 0.15) is 0 Å². The highest BCUT2D eigenvalue weighted by atomic mass is 35.5. The standard InChI is InChI=1S/C7H9Cl2N3O/c1-3-4(2)13-6-5(8)11-12-7(9)10-6/h4H,3H2,1-2H3. The van der Waals surface area contributed by atoms with Crippen LogP contribution in [-0.2, 0) is 0 Å². The Balaban J connectivity index is 2.81. The third kappa shape index (κ3) is 2.97. The summed E-state index contributed by atoms with van der Waals surface area (Å²) in [7, 11) is 0. The number of rotatable bonds is 3. The number of hydrogen-bond donors (Lipinski definition) is 0. The predicted octanol–water partition coefficient (Wildman–Crippen LogP) is 2.36. The molecule has 1 heterocycles. The molecule has 0 saturated heterocycles. The van der Waals surface area contributed by atoms with Crippen LogP contribution >= 0.6 is 23.2 Å². The van der Waals surface area contributed by atoms with Crippen molar-refractivity contribution in [2.75, 3.05) is 0 Å². The van der Waals surface area contributed by atoms with Crippen LogP contribution in [0.5, 0.6) is 5.88 Å². The number of aromatic nitrogens is 3. The molecule has 0 fully saturated rings. The molecule has 0 aromatic carbocycles. The quantitative estimate of drug-likeness (QED) is 0.787. The van der Waals surface area contributed by atoms with Crippen LogP contribution < -0.4 is 4.74 Å². The first-order chi connectivity index (χ1) is 6.13. The summed E-state index contributed by atoms with van der Waals surface area (Å²) >= 11 is 11.2. The Morgan fingerprint density at radius 1 is 1.38 bits per heavy atom. The Labute approximate surface area is 86.2 Å². The molecule has 1 aromatic heterocycles. The first kappa shape index (κ1) is 10.5. The maximum atomic E-state index is 5.68. The fraction of sp³-hybridized carbons (Fsp3) is 0.571. The van der Waals surface area contributed by atoms with E-state index in [1.54, 1.807) is 0 Å². The molecule has 0 radical (unpaired) electrons. The van der Waals surface area contributed by atoms with Crippen molar-refractivity contribution >= 4 is 23.2 Å². The highest BCUT2D eigenvalue weighted by Crippen LogP contribution is 2.20. The van der Waals surface area contributed by atoms with E-state index in [9.17, 15) is 0 Å². The third-order valence-corrected chi connectivity index (χ3v) is 1.88. The van der Waals surface area contributed by atoms with E-state index in [4.69, 9.17) is 27.9 Å². The maximum Gasteiger partial charge on any atom is 0.257 e. The van der Waals surface area contributed by atoms with Crippen LogP contribution in [-0.4, -0.2) is 21.3 Å². The van der Waals surface area contributed by atoms with Gasteiger partial charge in [0, 0.05) is 0 Å². The van der Waals surface area contributed by atoms with Crippen LogP contribution in [0.2, 0.25) is 10.4 Å². The molecular formula is C7H9Cl2N3O.